The van der Waals surface area contributed by atoms with Crippen molar-refractivity contribution in [1.29, 1.82) is 0 Å². The van der Waals surface area contributed by atoms with Gasteiger partial charge in [0.25, 0.3) is 5.91 Å². The third-order valence-corrected chi connectivity index (χ3v) is 0.431. The Labute approximate surface area is 44.7 Å². The lowest BCUT2D eigenvalue weighted by Gasteiger charge is -1.83. The van der Waals surface area contributed by atoms with Crippen molar-refractivity contribution in [3.63, 3.8) is 0 Å². The van der Waals surface area contributed by atoms with E-state index in [0.29, 0.717) is 0 Å². The van der Waals surface area contributed by atoms with Crippen molar-refractivity contribution < 1.29 is 4.79 Å². The Morgan fingerprint density at radius 2 is 2.25 bits per heavy atom. The molecule has 0 atom stereocenters. The summed E-state index contributed by atoms with van der Waals surface area (Å²) in [5.41, 5.74) is 3.66. The van der Waals surface area contributed by atoms with E-state index in [9.17, 15) is 9.70 Å². The van der Waals surface area contributed by atoms with Crippen LogP contribution in [0.4, 0.5) is 0 Å². The fraction of sp³-hybridized carbons (Fsp3) is 0. The van der Waals surface area contributed by atoms with Gasteiger partial charge in [0, 0.05) is 0 Å². The molecular weight excluding hydrogens is 110 g/mol. The normalized spacial score (nSPS) is 7.00. The van der Waals surface area contributed by atoms with Crippen LogP contribution in [0.3, 0.4) is 0 Å². The molecule has 0 heterocycles. The van der Waals surface area contributed by atoms with Crippen LogP contribution in [-0.2, 0) is 4.79 Å². The highest BCUT2D eigenvalue weighted by atomic mass is 16.3. The van der Waals surface area contributed by atoms with Crippen molar-refractivity contribution in [2.24, 2.45) is 10.9 Å². The maximum absolute atomic E-state index is 9.83. The third kappa shape index (κ3) is 1.32. The Bertz CT molecular complexity index is 167. The van der Waals surface area contributed by atoms with E-state index in [1.54, 1.807) is 0 Å². The molecular formula is C3H2N3O2-. The van der Waals surface area contributed by atoms with E-state index < -0.39 is 11.6 Å². The minimum atomic E-state index is -1.09. The predicted octanol–water partition coefficient (Wildman–Crippen LogP) is -0.639. The topological polar surface area (TPSA) is 94.8 Å². The van der Waals surface area contributed by atoms with Crippen molar-refractivity contribution in [2.45, 2.75) is 0 Å². The number of hydrogen-bond donors (Lipinski definition) is 1. The lowest BCUT2D eigenvalue weighted by atomic mass is 10.5. The molecule has 5 nitrogen and oxygen atoms in total. The molecule has 0 aromatic heterocycles. The fourth-order valence-electron chi connectivity index (χ4n) is 0.120. The quantitative estimate of drug-likeness (QED) is 0.292. The van der Waals surface area contributed by atoms with Crippen molar-refractivity contribution in [2.75, 3.05) is 0 Å². The van der Waals surface area contributed by atoms with Gasteiger partial charge in [-0.2, -0.15) is 0 Å². The number of primary amides is 1. The van der Waals surface area contributed by atoms with Crippen molar-refractivity contribution in [1.82, 2.24) is 0 Å². The molecule has 0 spiro atoms. The number of nitrogens with zero attached hydrogens (tertiary/aromatic N) is 2. The summed E-state index contributed by atoms with van der Waals surface area (Å²) in [4.78, 5) is 19.2. The van der Waals surface area contributed by atoms with E-state index in [-0.39, 0.29) is 0 Å². The molecule has 0 aliphatic rings. The zero-order valence-electron chi connectivity index (χ0n) is 3.79. The van der Waals surface area contributed by atoms with Crippen LogP contribution in [0.5, 0.6) is 0 Å². The Hall–Kier alpha value is -1.48. The van der Waals surface area contributed by atoms with Crippen molar-refractivity contribution >= 4 is 11.8 Å². The number of carbonyl (C=O) groups is 1. The summed E-state index contributed by atoms with van der Waals surface area (Å²) in [7, 11) is 0. The summed E-state index contributed by atoms with van der Waals surface area (Å²) < 4.78 is 0. The van der Waals surface area contributed by atoms with E-state index in [0.717, 1.165) is 0 Å². The van der Waals surface area contributed by atoms with Gasteiger partial charge in [-0.05, 0) is 5.18 Å². The van der Waals surface area contributed by atoms with Crippen LogP contribution in [0, 0.1) is 4.91 Å². The Morgan fingerprint density at radius 1 is 1.75 bits per heavy atom. The lowest BCUT2D eigenvalue weighted by molar-refractivity contribution is -0.114. The van der Waals surface area contributed by atoms with Crippen LogP contribution < -0.4 is 5.73 Å². The highest BCUT2D eigenvalue weighted by molar-refractivity contribution is 6.00. The zero-order valence-corrected chi connectivity index (χ0v) is 3.79. The van der Waals surface area contributed by atoms with E-state index in [2.05, 4.69) is 5.73 Å². The average Bonchev–Trinajstić information content (AvgIpc) is 1.69. The molecule has 5 heteroatoms. The van der Waals surface area contributed by atoms with Crippen LogP contribution in [0.2, 0.25) is 0 Å². The molecule has 8 heavy (non-hydrogen) atoms. The molecule has 0 aliphatic heterocycles. The standard InChI is InChI=1S/C3H2N3O2/c4-1-2(6-8)3(5)7/h(H2,5,7)/q-1. The summed E-state index contributed by atoms with van der Waals surface area (Å²) >= 11 is 0. The minimum Gasteiger partial charge on any atom is -0.761 e. The molecule has 1 amide bonds. The molecule has 0 aromatic rings. The van der Waals surface area contributed by atoms with E-state index in [4.69, 9.17) is 5.41 Å². The van der Waals surface area contributed by atoms with Gasteiger partial charge >= 0.3 is 0 Å². The fourth-order valence-corrected chi connectivity index (χ4v) is 0.120. The van der Waals surface area contributed by atoms with Crippen LogP contribution >= 0.6 is 0 Å². The van der Waals surface area contributed by atoms with Crippen molar-refractivity contribution in [3.8, 4) is 0 Å². The number of nitroso groups, excluding NO2 is 1. The summed E-state index contributed by atoms with van der Waals surface area (Å²) in [6, 6.07) is 0. The lowest BCUT2D eigenvalue weighted by Crippen LogP contribution is -2.12. The van der Waals surface area contributed by atoms with Crippen LogP contribution in [0.15, 0.2) is 10.9 Å². The first kappa shape index (κ1) is 6.52. The molecule has 2 N–H and O–H groups in total. The molecule has 0 aliphatic carbocycles. The van der Waals surface area contributed by atoms with E-state index in [1.807, 2.05) is 5.18 Å². The first-order valence-corrected chi connectivity index (χ1v) is 1.62. The number of carbonyl (C=O) groups excluding carboxylic acids is 1. The second-order valence-corrected chi connectivity index (χ2v) is 0.916. The average molecular weight is 112 g/mol. The Balaban J connectivity index is 4.37. The molecule has 0 saturated heterocycles. The molecule has 0 unspecified atom stereocenters. The smallest absolute Gasteiger partial charge is 0.277 e. The van der Waals surface area contributed by atoms with E-state index in [1.165, 1.54) is 5.87 Å². The summed E-state index contributed by atoms with van der Waals surface area (Å²) in [6.07, 6.45) is 0. The highest BCUT2D eigenvalue weighted by Gasteiger charge is 1.97. The maximum Gasteiger partial charge on any atom is 0.277 e. The summed E-state index contributed by atoms with van der Waals surface area (Å²) in [6.45, 7) is 0. The largest absolute Gasteiger partial charge is 0.761 e. The Morgan fingerprint density at radius 3 is 2.25 bits per heavy atom. The van der Waals surface area contributed by atoms with Crippen LogP contribution in [0.1, 0.15) is 0 Å². The molecule has 0 bridgehead atoms. The molecule has 0 saturated carbocycles. The second kappa shape index (κ2) is 2.65. The minimum absolute atomic E-state index is 0.801. The SMILES string of the molecule is [N-]=C=C(N=O)C(N)=O. The number of nitrogens with two attached hydrogens (primary N) is 1. The number of rotatable bonds is 2. The molecule has 42 valence electrons. The van der Waals surface area contributed by atoms with Crippen molar-refractivity contribution in [3.05, 3.63) is 16.0 Å². The monoisotopic (exact) mass is 112 g/mol. The van der Waals surface area contributed by atoms with Gasteiger partial charge in [0.05, 0.1) is 0 Å². The van der Waals surface area contributed by atoms with Gasteiger partial charge < -0.3 is 11.1 Å². The zero-order chi connectivity index (χ0) is 6.57. The second-order valence-electron chi connectivity index (χ2n) is 0.916. The predicted molar refractivity (Wildman–Crippen MR) is 26.9 cm³/mol. The molecule has 0 aromatic carbocycles. The number of amides is 1. The molecule has 0 rings (SSSR count). The Kier molecular flexibility index (Phi) is 2.16. The summed E-state index contributed by atoms with van der Waals surface area (Å²) in [5, 5.41) is 9.85. The van der Waals surface area contributed by atoms with Gasteiger partial charge in [-0.1, -0.05) is 0 Å². The highest BCUT2D eigenvalue weighted by Crippen LogP contribution is 1.83. The third-order valence-electron chi connectivity index (χ3n) is 0.431. The van der Waals surface area contributed by atoms with Gasteiger partial charge in [0.2, 0.25) is 0 Å². The van der Waals surface area contributed by atoms with E-state index >= 15 is 0 Å². The van der Waals surface area contributed by atoms with Crippen LogP contribution in [-0.4, -0.2) is 11.8 Å². The first-order chi connectivity index (χ1) is 3.72. The summed E-state index contributed by atoms with van der Waals surface area (Å²) in [5.74, 6) is 0.119. The van der Waals surface area contributed by atoms with Gasteiger partial charge in [0.1, 0.15) is 0 Å². The van der Waals surface area contributed by atoms with Gasteiger partial charge in [-0.3, -0.25) is 4.79 Å². The van der Waals surface area contributed by atoms with Crippen LogP contribution in [0.25, 0.3) is 5.41 Å². The first-order valence-electron chi connectivity index (χ1n) is 1.62. The molecule has 0 radical (unpaired) electrons. The van der Waals surface area contributed by atoms with Gasteiger partial charge in [0.15, 0.2) is 5.70 Å². The maximum atomic E-state index is 9.83. The van der Waals surface area contributed by atoms with Gasteiger partial charge in [-0.15, -0.1) is 4.91 Å². The number of hydrogen-bond acceptors (Lipinski definition) is 3. The van der Waals surface area contributed by atoms with Gasteiger partial charge in [-0.25, -0.2) is 5.87 Å². The molecule has 0 fully saturated rings.